The molecule has 1 heterocycles. The minimum atomic E-state index is -0.442. The number of benzene rings is 3. The molecular formula is C26H27ClFN3O. The molecule has 32 heavy (non-hydrogen) atoms. The van der Waals surface area contributed by atoms with E-state index in [4.69, 9.17) is 11.6 Å². The van der Waals surface area contributed by atoms with Crippen LogP contribution in [0.4, 0.5) is 14.9 Å². The largest absolute Gasteiger partial charge is 0.334 e. The van der Waals surface area contributed by atoms with Crippen molar-refractivity contribution in [3.63, 3.8) is 0 Å². The number of urea groups is 1. The van der Waals surface area contributed by atoms with E-state index in [2.05, 4.69) is 45.9 Å². The molecule has 0 bridgehead atoms. The molecule has 0 aromatic heterocycles. The zero-order valence-electron chi connectivity index (χ0n) is 18.1. The molecule has 4 nitrogen and oxygen atoms in total. The van der Waals surface area contributed by atoms with Gasteiger partial charge in [-0.1, -0.05) is 54.1 Å². The summed E-state index contributed by atoms with van der Waals surface area (Å²) in [6.07, 6.45) is 1.90. The first-order valence-electron chi connectivity index (χ1n) is 10.9. The van der Waals surface area contributed by atoms with Crippen molar-refractivity contribution in [2.24, 2.45) is 0 Å². The van der Waals surface area contributed by atoms with E-state index in [1.54, 1.807) is 18.2 Å². The number of halogens is 2. The average molecular weight is 452 g/mol. The molecule has 2 amide bonds. The summed E-state index contributed by atoms with van der Waals surface area (Å²) in [4.78, 5) is 14.7. The second-order valence-electron chi connectivity index (χ2n) is 8.32. The van der Waals surface area contributed by atoms with Gasteiger partial charge in [0.05, 0.1) is 5.69 Å². The molecule has 4 rings (SSSR count). The summed E-state index contributed by atoms with van der Waals surface area (Å²) in [5.74, 6) is -0.442. The van der Waals surface area contributed by atoms with Gasteiger partial charge in [0, 0.05) is 24.2 Å². The van der Waals surface area contributed by atoms with Gasteiger partial charge in [-0.2, -0.15) is 0 Å². The fourth-order valence-electron chi connectivity index (χ4n) is 4.10. The molecular weight excluding hydrogens is 425 g/mol. The lowest BCUT2D eigenvalue weighted by Gasteiger charge is -2.33. The van der Waals surface area contributed by atoms with E-state index in [0.717, 1.165) is 54.2 Å². The predicted octanol–water partition coefficient (Wildman–Crippen LogP) is 6.24. The zero-order valence-corrected chi connectivity index (χ0v) is 18.8. The van der Waals surface area contributed by atoms with Crippen LogP contribution in [0.3, 0.4) is 0 Å². The van der Waals surface area contributed by atoms with E-state index in [9.17, 15) is 9.18 Å². The number of carbonyl (C=O) groups is 1. The fourth-order valence-corrected chi connectivity index (χ4v) is 4.28. The third-order valence-electron chi connectivity index (χ3n) is 5.80. The fraction of sp³-hybridized carbons (Fsp3) is 0.269. The van der Waals surface area contributed by atoms with Gasteiger partial charge in [-0.3, -0.25) is 4.90 Å². The van der Waals surface area contributed by atoms with Crippen LogP contribution in [0.25, 0.3) is 11.1 Å². The van der Waals surface area contributed by atoms with Crippen molar-refractivity contribution >= 4 is 23.3 Å². The Kier molecular flexibility index (Phi) is 7.08. The van der Waals surface area contributed by atoms with Crippen molar-refractivity contribution in [2.45, 2.75) is 32.4 Å². The highest BCUT2D eigenvalue weighted by atomic mass is 35.5. The first-order chi connectivity index (χ1) is 15.5. The van der Waals surface area contributed by atoms with Gasteiger partial charge in [-0.25, -0.2) is 9.18 Å². The van der Waals surface area contributed by atoms with E-state index in [-0.39, 0.29) is 17.8 Å². The first kappa shape index (κ1) is 22.3. The number of likely N-dealkylation sites (tertiary alicyclic amines) is 1. The standard InChI is InChI=1S/C26H27ClFN3O/c1-18-11-12-21(15-23(18)27)20-7-4-6-19(14-20)16-31-13-5-8-22(17-31)29-26(32)30-25-10-3-2-9-24(25)28/h2-4,6-7,9-12,14-15,22H,5,8,13,16-17H2,1H3,(H2,29,30,32). The van der Waals surface area contributed by atoms with Gasteiger partial charge < -0.3 is 10.6 Å². The van der Waals surface area contributed by atoms with Crippen LogP contribution in [0.5, 0.6) is 0 Å². The number of rotatable bonds is 5. The number of nitrogens with zero attached hydrogens (tertiary/aromatic N) is 1. The summed E-state index contributed by atoms with van der Waals surface area (Å²) < 4.78 is 13.8. The minimum absolute atomic E-state index is 0.0228. The predicted molar refractivity (Wildman–Crippen MR) is 128 cm³/mol. The number of anilines is 1. The highest BCUT2D eigenvalue weighted by molar-refractivity contribution is 6.31. The maximum Gasteiger partial charge on any atom is 0.319 e. The van der Waals surface area contributed by atoms with Gasteiger partial charge in [0.1, 0.15) is 5.82 Å². The monoisotopic (exact) mass is 451 g/mol. The Morgan fingerprint density at radius 3 is 2.72 bits per heavy atom. The van der Waals surface area contributed by atoms with Crippen LogP contribution in [0, 0.1) is 12.7 Å². The number of aryl methyl sites for hydroxylation is 1. The number of piperidine rings is 1. The summed E-state index contributed by atoms with van der Waals surface area (Å²) in [5, 5.41) is 6.36. The molecule has 1 aliphatic rings. The molecule has 0 spiro atoms. The van der Waals surface area contributed by atoms with Crippen LogP contribution in [0.15, 0.2) is 66.7 Å². The second-order valence-corrected chi connectivity index (χ2v) is 8.72. The van der Waals surface area contributed by atoms with E-state index in [0.29, 0.717) is 0 Å². The molecule has 3 aromatic carbocycles. The topological polar surface area (TPSA) is 44.4 Å². The van der Waals surface area contributed by atoms with Gasteiger partial charge in [0.15, 0.2) is 0 Å². The van der Waals surface area contributed by atoms with Crippen molar-refractivity contribution in [1.29, 1.82) is 0 Å². The Labute approximate surface area is 193 Å². The van der Waals surface area contributed by atoms with E-state index in [1.165, 1.54) is 11.6 Å². The number of para-hydroxylation sites is 1. The first-order valence-corrected chi connectivity index (χ1v) is 11.3. The van der Waals surface area contributed by atoms with Crippen molar-refractivity contribution < 1.29 is 9.18 Å². The Balaban J connectivity index is 1.36. The van der Waals surface area contributed by atoms with Gasteiger partial charge in [0.2, 0.25) is 0 Å². The van der Waals surface area contributed by atoms with Crippen molar-refractivity contribution in [1.82, 2.24) is 10.2 Å². The molecule has 1 unspecified atom stereocenters. The lowest BCUT2D eigenvalue weighted by Crippen LogP contribution is -2.48. The molecule has 0 aliphatic carbocycles. The van der Waals surface area contributed by atoms with Crippen LogP contribution >= 0.6 is 11.6 Å². The summed E-state index contributed by atoms with van der Waals surface area (Å²) >= 11 is 6.31. The summed E-state index contributed by atoms with van der Waals surface area (Å²) in [6.45, 7) is 4.54. The number of hydrogen-bond donors (Lipinski definition) is 2. The van der Waals surface area contributed by atoms with E-state index < -0.39 is 5.82 Å². The zero-order chi connectivity index (χ0) is 22.5. The second kappa shape index (κ2) is 10.2. The van der Waals surface area contributed by atoms with Gasteiger partial charge >= 0.3 is 6.03 Å². The van der Waals surface area contributed by atoms with Crippen LogP contribution in [-0.4, -0.2) is 30.1 Å². The highest BCUT2D eigenvalue weighted by Gasteiger charge is 2.22. The average Bonchev–Trinajstić information content (AvgIpc) is 2.78. The van der Waals surface area contributed by atoms with Crippen LogP contribution in [0.2, 0.25) is 5.02 Å². The smallest absolute Gasteiger partial charge is 0.319 e. The van der Waals surface area contributed by atoms with Crippen LogP contribution in [-0.2, 0) is 6.54 Å². The Morgan fingerprint density at radius 1 is 1.09 bits per heavy atom. The number of carbonyl (C=O) groups excluding carboxylic acids is 1. The molecule has 1 saturated heterocycles. The van der Waals surface area contributed by atoms with Gasteiger partial charge in [-0.15, -0.1) is 0 Å². The molecule has 1 aliphatic heterocycles. The molecule has 0 radical (unpaired) electrons. The Bertz CT molecular complexity index is 1100. The Morgan fingerprint density at radius 2 is 1.91 bits per heavy atom. The molecule has 1 fully saturated rings. The number of nitrogens with one attached hydrogen (secondary N) is 2. The van der Waals surface area contributed by atoms with Crippen LogP contribution in [0.1, 0.15) is 24.0 Å². The molecule has 1 atom stereocenters. The van der Waals surface area contributed by atoms with Crippen molar-refractivity contribution in [3.05, 3.63) is 88.7 Å². The van der Waals surface area contributed by atoms with Gasteiger partial charge in [0.25, 0.3) is 0 Å². The molecule has 3 aromatic rings. The Hall–Kier alpha value is -2.89. The molecule has 166 valence electrons. The summed E-state index contributed by atoms with van der Waals surface area (Å²) in [6, 6.07) is 20.4. The number of hydrogen-bond acceptors (Lipinski definition) is 2. The third kappa shape index (κ3) is 5.67. The maximum atomic E-state index is 13.8. The van der Waals surface area contributed by atoms with E-state index >= 15 is 0 Å². The van der Waals surface area contributed by atoms with E-state index in [1.807, 2.05) is 19.1 Å². The highest BCUT2D eigenvalue weighted by Crippen LogP contribution is 2.26. The van der Waals surface area contributed by atoms with Crippen molar-refractivity contribution in [3.8, 4) is 11.1 Å². The third-order valence-corrected chi connectivity index (χ3v) is 6.21. The number of amides is 2. The van der Waals surface area contributed by atoms with Gasteiger partial charge in [-0.05, 0) is 72.8 Å². The SMILES string of the molecule is Cc1ccc(-c2cccc(CN3CCCC(NC(=O)Nc4ccccc4F)C3)c2)cc1Cl. The molecule has 2 N–H and O–H groups in total. The molecule has 6 heteroatoms. The normalized spacial score (nSPS) is 16.5. The molecule has 0 saturated carbocycles. The minimum Gasteiger partial charge on any atom is -0.334 e. The lowest BCUT2D eigenvalue weighted by atomic mass is 10.0. The quantitative estimate of drug-likeness (QED) is 0.482. The summed E-state index contributed by atoms with van der Waals surface area (Å²) in [5.41, 5.74) is 4.71. The lowest BCUT2D eigenvalue weighted by molar-refractivity contribution is 0.183. The summed E-state index contributed by atoms with van der Waals surface area (Å²) in [7, 11) is 0. The maximum absolute atomic E-state index is 13.8. The van der Waals surface area contributed by atoms with Crippen LogP contribution < -0.4 is 10.6 Å². The van der Waals surface area contributed by atoms with Crippen molar-refractivity contribution in [2.75, 3.05) is 18.4 Å².